The lowest BCUT2D eigenvalue weighted by Crippen LogP contribution is -2.44. The van der Waals surface area contributed by atoms with Crippen molar-refractivity contribution in [2.24, 2.45) is 0 Å². The molecular weight excluding hydrogens is 190 g/mol. The van der Waals surface area contributed by atoms with E-state index in [1.165, 1.54) is 7.11 Å². The van der Waals surface area contributed by atoms with Gasteiger partial charge in [0.1, 0.15) is 6.54 Å². The molecule has 1 amide bonds. The number of amides is 1. The fraction of sp³-hybridized carbons (Fsp3) is 0.750. The first-order valence-corrected chi connectivity index (χ1v) is 4.28. The molecule has 14 heavy (non-hydrogen) atoms. The van der Waals surface area contributed by atoms with Crippen LogP contribution in [0.25, 0.3) is 0 Å². The number of carbonyl (C=O) groups is 2. The summed E-state index contributed by atoms with van der Waals surface area (Å²) in [6.45, 7) is 0.985. The van der Waals surface area contributed by atoms with E-state index in [4.69, 9.17) is 9.47 Å². The van der Waals surface area contributed by atoms with Gasteiger partial charge in [0.15, 0.2) is 6.10 Å². The zero-order valence-electron chi connectivity index (χ0n) is 7.95. The average Bonchev–Trinajstić information content (AvgIpc) is 2.26. The number of hydrogen-bond acceptors (Lipinski definition) is 5. The summed E-state index contributed by atoms with van der Waals surface area (Å²) in [6, 6.07) is 0. The van der Waals surface area contributed by atoms with Gasteiger partial charge in [0.2, 0.25) is 0 Å². The van der Waals surface area contributed by atoms with Gasteiger partial charge >= 0.3 is 5.97 Å². The topological polar surface area (TPSA) is 73.9 Å². The minimum Gasteiger partial charge on any atom is -0.468 e. The second kappa shape index (κ2) is 5.56. The van der Waals surface area contributed by atoms with Crippen LogP contribution >= 0.6 is 0 Å². The smallest absolute Gasteiger partial charge is 0.325 e. The maximum absolute atomic E-state index is 11.3. The van der Waals surface area contributed by atoms with Crippen LogP contribution in [0.4, 0.5) is 0 Å². The zero-order chi connectivity index (χ0) is 10.4. The lowest BCUT2D eigenvalue weighted by atomic mass is 10.3. The van der Waals surface area contributed by atoms with Gasteiger partial charge in [-0.2, -0.15) is 0 Å². The van der Waals surface area contributed by atoms with Gasteiger partial charge in [-0.1, -0.05) is 0 Å². The molecule has 1 aliphatic heterocycles. The lowest BCUT2D eigenvalue weighted by molar-refractivity contribution is -0.150. The van der Waals surface area contributed by atoms with Gasteiger partial charge in [-0.25, -0.2) is 0 Å². The first kappa shape index (κ1) is 10.9. The molecule has 1 aliphatic rings. The Morgan fingerprint density at radius 1 is 1.50 bits per heavy atom. The summed E-state index contributed by atoms with van der Waals surface area (Å²) >= 11 is 0. The number of carbonyl (C=O) groups excluding carboxylic acids is 2. The molecule has 1 rings (SSSR count). The van der Waals surface area contributed by atoms with Gasteiger partial charge in [-0.15, -0.1) is 0 Å². The Labute approximate surface area is 81.5 Å². The Bertz CT molecular complexity index is 212. The van der Waals surface area contributed by atoms with E-state index in [1.807, 2.05) is 0 Å². The summed E-state index contributed by atoms with van der Waals surface area (Å²) in [7, 11) is 1.26. The number of esters is 1. The molecule has 0 aromatic carbocycles. The van der Waals surface area contributed by atoms with E-state index in [9.17, 15) is 9.59 Å². The molecule has 0 aliphatic carbocycles. The number of nitrogens with one attached hydrogen (secondary N) is 1. The Kier molecular flexibility index (Phi) is 4.34. The van der Waals surface area contributed by atoms with Crippen molar-refractivity contribution in [1.82, 2.24) is 5.32 Å². The Hall–Kier alpha value is -1.14. The van der Waals surface area contributed by atoms with Gasteiger partial charge in [-0.05, 0) is 0 Å². The van der Waals surface area contributed by atoms with E-state index in [0.717, 1.165) is 0 Å². The van der Waals surface area contributed by atoms with Crippen molar-refractivity contribution in [2.75, 3.05) is 33.5 Å². The predicted octanol–water partition coefficient (Wildman–Crippen LogP) is -1.31. The van der Waals surface area contributed by atoms with Crippen molar-refractivity contribution in [3.05, 3.63) is 0 Å². The first-order chi connectivity index (χ1) is 6.74. The maximum atomic E-state index is 11.3. The first-order valence-electron chi connectivity index (χ1n) is 4.28. The quantitative estimate of drug-likeness (QED) is 0.576. The van der Waals surface area contributed by atoms with Crippen molar-refractivity contribution >= 4 is 11.9 Å². The van der Waals surface area contributed by atoms with Crippen LogP contribution in [0.15, 0.2) is 0 Å². The second-order valence-corrected chi connectivity index (χ2v) is 2.73. The molecule has 0 aromatic rings. The molecule has 1 N–H and O–H groups in total. The predicted molar refractivity (Wildman–Crippen MR) is 45.6 cm³/mol. The van der Waals surface area contributed by atoms with Crippen LogP contribution in [0.3, 0.4) is 0 Å². The number of hydrogen-bond donors (Lipinski definition) is 1. The summed E-state index contributed by atoms with van der Waals surface area (Å²) < 4.78 is 14.5. The second-order valence-electron chi connectivity index (χ2n) is 2.73. The van der Waals surface area contributed by atoms with Crippen LogP contribution in [0.1, 0.15) is 0 Å². The molecular formula is C8H13NO5. The fourth-order valence-corrected chi connectivity index (χ4v) is 0.984. The summed E-state index contributed by atoms with van der Waals surface area (Å²) in [5.41, 5.74) is 0. The van der Waals surface area contributed by atoms with Gasteiger partial charge in [-0.3, -0.25) is 9.59 Å². The van der Waals surface area contributed by atoms with Gasteiger partial charge in [0.25, 0.3) is 5.91 Å². The van der Waals surface area contributed by atoms with Crippen LogP contribution in [-0.2, 0) is 23.8 Å². The van der Waals surface area contributed by atoms with Crippen molar-refractivity contribution in [3.63, 3.8) is 0 Å². The highest BCUT2D eigenvalue weighted by atomic mass is 16.6. The minimum absolute atomic E-state index is 0.144. The van der Waals surface area contributed by atoms with E-state index in [1.54, 1.807) is 0 Å². The van der Waals surface area contributed by atoms with E-state index < -0.39 is 12.1 Å². The third-order valence-electron chi connectivity index (χ3n) is 1.74. The van der Waals surface area contributed by atoms with Gasteiger partial charge in [0, 0.05) is 0 Å². The van der Waals surface area contributed by atoms with Crippen LogP contribution < -0.4 is 5.32 Å². The van der Waals surface area contributed by atoms with Crippen molar-refractivity contribution in [1.29, 1.82) is 0 Å². The standard InChI is InChI=1S/C8H13NO5/c1-12-7(10)4-9-8(11)6-5-13-2-3-14-6/h6H,2-5H2,1H3,(H,9,11). The third kappa shape index (κ3) is 3.31. The van der Waals surface area contributed by atoms with Crippen LogP contribution in [0, 0.1) is 0 Å². The molecule has 1 heterocycles. The zero-order valence-corrected chi connectivity index (χ0v) is 7.95. The van der Waals surface area contributed by atoms with Crippen LogP contribution in [-0.4, -0.2) is 51.5 Å². The van der Waals surface area contributed by atoms with Crippen molar-refractivity contribution in [3.8, 4) is 0 Å². The Morgan fingerprint density at radius 3 is 2.86 bits per heavy atom. The minimum atomic E-state index is -0.617. The SMILES string of the molecule is COC(=O)CNC(=O)C1COCCO1. The maximum Gasteiger partial charge on any atom is 0.325 e. The molecule has 1 fully saturated rings. The summed E-state index contributed by atoms with van der Waals surface area (Å²) in [4.78, 5) is 22.0. The van der Waals surface area contributed by atoms with E-state index in [-0.39, 0.29) is 19.1 Å². The molecule has 1 unspecified atom stereocenters. The van der Waals surface area contributed by atoms with Crippen LogP contribution in [0.2, 0.25) is 0 Å². The summed E-state index contributed by atoms with van der Waals surface area (Å²) in [6.07, 6.45) is -0.617. The number of rotatable bonds is 3. The molecule has 1 saturated heterocycles. The molecule has 6 nitrogen and oxygen atoms in total. The highest BCUT2D eigenvalue weighted by Crippen LogP contribution is 1.99. The largest absolute Gasteiger partial charge is 0.468 e. The fourth-order valence-electron chi connectivity index (χ4n) is 0.984. The Balaban J connectivity index is 2.23. The summed E-state index contributed by atoms with van der Waals surface area (Å²) in [5, 5.41) is 2.38. The monoisotopic (exact) mass is 203 g/mol. The van der Waals surface area contributed by atoms with Gasteiger partial charge in [0.05, 0.1) is 26.9 Å². The van der Waals surface area contributed by atoms with Crippen molar-refractivity contribution in [2.45, 2.75) is 6.10 Å². The molecule has 0 bridgehead atoms. The molecule has 0 saturated carbocycles. The molecule has 80 valence electrons. The summed E-state index contributed by atoms with van der Waals surface area (Å²) in [5.74, 6) is -0.842. The van der Waals surface area contributed by atoms with E-state index in [2.05, 4.69) is 10.1 Å². The molecule has 0 aromatic heterocycles. The van der Waals surface area contributed by atoms with E-state index in [0.29, 0.717) is 13.2 Å². The van der Waals surface area contributed by atoms with Crippen molar-refractivity contribution < 1.29 is 23.8 Å². The number of ether oxygens (including phenoxy) is 3. The highest BCUT2D eigenvalue weighted by Gasteiger charge is 2.22. The molecule has 1 atom stereocenters. The van der Waals surface area contributed by atoms with Crippen LogP contribution in [0.5, 0.6) is 0 Å². The normalized spacial score (nSPS) is 21.4. The molecule has 0 spiro atoms. The highest BCUT2D eigenvalue weighted by molar-refractivity contribution is 5.85. The van der Waals surface area contributed by atoms with Gasteiger partial charge < -0.3 is 19.5 Å². The lowest BCUT2D eigenvalue weighted by Gasteiger charge is -2.21. The third-order valence-corrected chi connectivity index (χ3v) is 1.74. The molecule has 0 radical (unpaired) electrons. The average molecular weight is 203 g/mol. The number of methoxy groups -OCH3 is 1. The molecule has 6 heteroatoms. The van der Waals surface area contributed by atoms with E-state index >= 15 is 0 Å². The Morgan fingerprint density at radius 2 is 2.29 bits per heavy atom.